The molecular formula is C25H21ClN2O3. The quantitative estimate of drug-likeness (QED) is 0.554. The van der Waals surface area contributed by atoms with Gasteiger partial charge in [0.05, 0.1) is 19.2 Å². The van der Waals surface area contributed by atoms with Gasteiger partial charge in [-0.15, -0.1) is 0 Å². The molecule has 0 unspecified atom stereocenters. The van der Waals surface area contributed by atoms with Gasteiger partial charge in [-0.2, -0.15) is 0 Å². The Bertz CT molecular complexity index is 1170. The standard InChI is InChI=1S/C25H21ClN2O3/c1-16-20(26)9-6-10-21(16)27-23-22(18-7-4-3-5-8-18)24(29)28(25(23)30)15-17-11-13-19(31-2)14-12-17/h3-14,27H,15H2,1-2H3. The summed E-state index contributed by atoms with van der Waals surface area (Å²) in [6.07, 6.45) is 0. The van der Waals surface area contributed by atoms with E-state index in [0.717, 1.165) is 11.1 Å². The number of hydrogen-bond donors (Lipinski definition) is 1. The van der Waals surface area contributed by atoms with E-state index in [9.17, 15) is 9.59 Å². The third-order valence-electron chi connectivity index (χ3n) is 5.26. The van der Waals surface area contributed by atoms with Gasteiger partial charge in [-0.25, -0.2) is 0 Å². The summed E-state index contributed by atoms with van der Waals surface area (Å²) in [6.45, 7) is 2.03. The molecule has 0 aliphatic carbocycles. The predicted molar refractivity (Wildman–Crippen MR) is 122 cm³/mol. The number of nitrogens with zero attached hydrogens (tertiary/aromatic N) is 1. The second-order valence-corrected chi connectivity index (χ2v) is 7.61. The van der Waals surface area contributed by atoms with Crippen LogP contribution < -0.4 is 10.1 Å². The molecule has 4 rings (SSSR count). The van der Waals surface area contributed by atoms with Crippen molar-refractivity contribution in [2.24, 2.45) is 0 Å². The number of imide groups is 1. The minimum Gasteiger partial charge on any atom is -0.497 e. The van der Waals surface area contributed by atoms with Gasteiger partial charge < -0.3 is 10.1 Å². The van der Waals surface area contributed by atoms with Gasteiger partial charge in [-0.05, 0) is 47.9 Å². The summed E-state index contributed by atoms with van der Waals surface area (Å²) in [5.74, 6) is -0.00189. The van der Waals surface area contributed by atoms with Gasteiger partial charge >= 0.3 is 0 Å². The molecule has 0 spiro atoms. The number of nitrogens with one attached hydrogen (secondary N) is 1. The van der Waals surface area contributed by atoms with Crippen molar-refractivity contribution in [2.75, 3.05) is 12.4 Å². The molecule has 0 fully saturated rings. The fourth-order valence-corrected chi connectivity index (χ4v) is 3.67. The molecule has 1 aliphatic rings. The van der Waals surface area contributed by atoms with E-state index in [1.54, 1.807) is 31.4 Å². The van der Waals surface area contributed by atoms with Crippen LogP contribution in [-0.2, 0) is 16.1 Å². The van der Waals surface area contributed by atoms with E-state index in [1.165, 1.54) is 4.90 Å². The molecule has 0 radical (unpaired) electrons. The number of ether oxygens (including phenoxy) is 1. The lowest BCUT2D eigenvalue weighted by atomic mass is 10.0. The summed E-state index contributed by atoms with van der Waals surface area (Å²) in [5.41, 5.74) is 3.59. The number of carbonyl (C=O) groups excluding carboxylic acids is 2. The van der Waals surface area contributed by atoms with Gasteiger partial charge in [0, 0.05) is 10.7 Å². The highest BCUT2D eigenvalue weighted by Gasteiger charge is 2.39. The number of amides is 2. The van der Waals surface area contributed by atoms with Gasteiger partial charge in [0.2, 0.25) is 0 Å². The summed E-state index contributed by atoms with van der Waals surface area (Å²) < 4.78 is 5.18. The van der Waals surface area contributed by atoms with Crippen molar-refractivity contribution in [2.45, 2.75) is 13.5 Å². The lowest BCUT2D eigenvalue weighted by molar-refractivity contribution is -0.137. The second kappa shape index (κ2) is 8.66. The Balaban J connectivity index is 1.72. The van der Waals surface area contributed by atoms with E-state index in [0.29, 0.717) is 27.6 Å². The summed E-state index contributed by atoms with van der Waals surface area (Å²) in [5, 5.41) is 3.76. The molecule has 0 aromatic heterocycles. The van der Waals surface area contributed by atoms with Gasteiger partial charge in [0.15, 0.2) is 0 Å². The minimum atomic E-state index is -0.376. The van der Waals surface area contributed by atoms with E-state index >= 15 is 0 Å². The molecule has 31 heavy (non-hydrogen) atoms. The predicted octanol–water partition coefficient (Wildman–Crippen LogP) is 5.05. The van der Waals surface area contributed by atoms with Crippen LogP contribution in [0.25, 0.3) is 5.57 Å². The summed E-state index contributed by atoms with van der Waals surface area (Å²) in [4.78, 5) is 28.0. The summed E-state index contributed by atoms with van der Waals surface area (Å²) >= 11 is 6.25. The highest BCUT2D eigenvalue weighted by molar-refractivity contribution is 6.36. The number of carbonyl (C=O) groups is 2. The Morgan fingerprint density at radius 3 is 2.29 bits per heavy atom. The van der Waals surface area contributed by atoms with Crippen LogP contribution in [0.15, 0.2) is 78.5 Å². The Hall–Kier alpha value is -3.57. The Morgan fingerprint density at radius 1 is 0.903 bits per heavy atom. The Labute approximate surface area is 185 Å². The maximum Gasteiger partial charge on any atom is 0.278 e. The van der Waals surface area contributed by atoms with Crippen molar-refractivity contribution in [3.05, 3.63) is 100 Å². The van der Waals surface area contributed by atoms with E-state index in [-0.39, 0.29) is 24.1 Å². The summed E-state index contributed by atoms with van der Waals surface area (Å²) in [6, 6.07) is 21.9. The Morgan fingerprint density at radius 2 is 1.61 bits per heavy atom. The molecular weight excluding hydrogens is 412 g/mol. The van der Waals surface area contributed by atoms with Crippen LogP contribution in [0.4, 0.5) is 5.69 Å². The zero-order valence-electron chi connectivity index (χ0n) is 17.2. The van der Waals surface area contributed by atoms with E-state index < -0.39 is 0 Å². The number of rotatable bonds is 6. The fraction of sp³-hybridized carbons (Fsp3) is 0.120. The van der Waals surface area contributed by atoms with Crippen LogP contribution >= 0.6 is 11.6 Å². The van der Waals surface area contributed by atoms with Crippen LogP contribution in [0.1, 0.15) is 16.7 Å². The van der Waals surface area contributed by atoms with Crippen LogP contribution in [0, 0.1) is 6.92 Å². The monoisotopic (exact) mass is 432 g/mol. The van der Waals surface area contributed by atoms with Gasteiger partial charge in [0.1, 0.15) is 11.4 Å². The Kier molecular flexibility index (Phi) is 5.78. The molecule has 1 aliphatic heterocycles. The molecule has 5 nitrogen and oxygen atoms in total. The van der Waals surface area contributed by atoms with Gasteiger partial charge in [-0.1, -0.05) is 60.1 Å². The van der Waals surface area contributed by atoms with Crippen molar-refractivity contribution in [1.29, 1.82) is 0 Å². The van der Waals surface area contributed by atoms with Crippen molar-refractivity contribution in [3.63, 3.8) is 0 Å². The highest BCUT2D eigenvalue weighted by Crippen LogP contribution is 2.33. The van der Waals surface area contributed by atoms with E-state index in [4.69, 9.17) is 16.3 Å². The number of hydrogen-bond acceptors (Lipinski definition) is 4. The van der Waals surface area contributed by atoms with Crippen molar-refractivity contribution >= 4 is 34.7 Å². The van der Waals surface area contributed by atoms with Gasteiger partial charge in [-0.3, -0.25) is 14.5 Å². The van der Waals surface area contributed by atoms with E-state index in [2.05, 4.69) is 5.32 Å². The molecule has 1 heterocycles. The molecule has 0 bridgehead atoms. The molecule has 1 N–H and O–H groups in total. The number of methoxy groups -OCH3 is 1. The lowest BCUT2D eigenvalue weighted by Gasteiger charge is -2.16. The molecule has 0 saturated carbocycles. The number of anilines is 1. The molecule has 0 saturated heterocycles. The molecule has 3 aromatic rings. The average molecular weight is 433 g/mol. The molecule has 6 heteroatoms. The molecule has 156 valence electrons. The van der Waals surface area contributed by atoms with Crippen molar-refractivity contribution in [1.82, 2.24) is 4.90 Å². The summed E-state index contributed by atoms with van der Waals surface area (Å²) in [7, 11) is 1.59. The van der Waals surface area contributed by atoms with Gasteiger partial charge in [0.25, 0.3) is 11.8 Å². The normalized spacial score (nSPS) is 13.7. The van der Waals surface area contributed by atoms with Crippen LogP contribution in [0.5, 0.6) is 5.75 Å². The SMILES string of the molecule is COc1ccc(CN2C(=O)C(Nc3cccc(Cl)c3C)=C(c3ccccc3)C2=O)cc1. The second-order valence-electron chi connectivity index (χ2n) is 7.20. The first kappa shape index (κ1) is 20.7. The topological polar surface area (TPSA) is 58.6 Å². The van der Waals surface area contributed by atoms with Crippen LogP contribution in [-0.4, -0.2) is 23.8 Å². The minimum absolute atomic E-state index is 0.164. The highest BCUT2D eigenvalue weighted by atomic mass is 35.5. The molecule has 3 aromatic carbocycles. The first-order chi connectivity index (χ1) is 15.0. The van der Waals surface area contributed by atoms with E-state index in [1.807, 2.05) is 55.5 Å². The first-order valence-corrected chi connectivity index (χ1v) is 10.2. The fourth-order valence-electron chi connectivity index (χ4n) is 3.50. The smallest absolute Gasteiger partial charge is 0.278 e. The zero-order chi connectivity index (χ0) is 22.0. The van der Waals surface area contributed by atoms with Crippen LogP contribution in [0.3, 0.4) is 0 Å². The largest absolute Gasteiger partial charge is 0.497 e. The zero-order valence-corrected chi connectivity index (χ0v) is 17.9. The number of benzene rings is 3. The molecule has 2 amide bonds. The maximum atomic E-state index is 13.4. The third-order valence-corrected chi connectivity index (χ3v) is 5.67. The average Bonchev–Trinajstić information content (AvgIpc) is 3.02. The number of halogens is 1. The van der Waals surface area contributed by atoms with Crippen LogP contribution in [0.2, 0.25) is 5.02 Å². The lowest BCUT2D eigenvalue weighted by Crippen LogP contribution is -2.32. The molecule has 0 atom stereocenters. The maximum absolute atomic E-state index is 13.4. The third kappa shape index (κ3) is 4.05. The van der Waals surface area contributed by atoms with Crippen molar-refractivity contribution in [3.8, 4) is 5.75 Å². The van der Waals surface area contributed by atoms with Crippen molar-refractivity contribution < 1.29 is 14.3 Å². The first-order valence-electron chi connectivity index (χ1n) is 9.80.